The molecule has 0 fully saturated rings. The zero-order valence-electron chi connectivity index (χ0n) is 16.4. The van der Waals surface area contributed by atoms with Crippen LogP contribution < -0.4 is 11.1 Å². The number of aromatic nitrogens is 1. The predicted molar refractivity (Wildman–Crippen MR) is 108 cm³/mol. The van der Waals surface area contributed by atoms with Crippen LogP contribution >= 0.6 is 0 Å². The van der Waals surface area contributed by atoms with Gasteiger partial charge in [0.15, 0.2) is 0 Å². The highest BCUT2D eigenvalue weighted by Gasteiger charge is 2.23. The lowest BCUT2D eigenvalue weighted by Gasteiger charge is -2.23. The third-order valence-electron chi connectivity index (χ3n) is 3.89. The maximum atomic E-state index is 14.5. The number of nitro benzene ring substituents is 1. The van der Waals surface area contributed by atoms with Gasteiger partial charge in [0, 0.05) is 40.7 Å². The summed E-state index contributed by atoms with van der Waals surface area (Å²) in [6, 6.07) is 4.71. The molecule has 0 unspecified atom stereocenters. The number of amides is 1. The van der Waals surface area contributed by atoms with Crippen LogP contribution in [0.3, 0.4) is 0 Å². The maximum absolute atomic E-state index is 14.5. The number of carbonyl (C=O) groups excluding carboxylic acids is 1. The van der Waals surface area contributed by atoms with Crippen molar-refractivity contribution in [3.8, 4) is 11.1 Å². The Morgan fingerprint density at radius 3 is 2.69 bits per heavy atom. The van der Waals surface area contributed by atoms with Gasteiger partial charge in [0.05, 0.1) is 11.0 Å². The maximum Gasteiger partial charge on any atom is 0.408 e. The van der Waals surface area contributed by atoms with Crippen LogP contribution in [0.4, 0.5) is 20.6 Å². The zero-order chi connectivity index (χ0) is 21.8. The van der Waals surface area contributed by atoms with Crippen molar-refractivity contribution in [3.05, 3.63) is 64.7 Å². The molecule has 0 bridgehead atoms. The van der Waals surface area contributed by atoms with E-state index in [9.17, 15) is 19.3 Å². The van der Waals surface area contributed by atoms with Gasteiger partial charge < -0.3 is 15.8 Å². The lowest BCUT2D eigenvalue weighted by molar-refractivity contribution is -0.384. The number of nitrogens with two attached hydrogens (primary N) is 1. The standard InChI is InChI=1S/C20H23FN4O4/c1-5-6-17(24-19(26)29-20(2,3)4)15-9-12(11-23-18(15)21)14-8-7-13(25(27)28)10-16(14)22/h5,7-11,17H,1,6,22H2,2-4H3,(H,24,26)/t17-/m0/s1. The third kappa shape index (κ3) is 5.74. The Bertz CT molecular complexity index is 941. The smallest absolute Gasteiger partial charge is 0.408 e. The molecule has 0 aliphatic carbocycles. The van der Waals surface area contributed by atoms with E-state index in [0.29, 0.717) is 11.1 Å². The molecule has 0 aliphatic rings. The number of nitrogens with zero attached hydrogens (tertiary/aromatic N) is 2. The average molecular weight is 402 g/mol. The van der Waals surface area contributed by atoms with Gasteiger partial charge in [-0.1, -0.05) is 6.08 Å². The number of non-ortho nitro benzene ring substituents is 1. The molecule has 0 saturated heterocycles. The molecule has 1 aromatic heterocycles. The van der Waals surface area contributed by atoms with Gasteiger partial charge in [0.25, 0.3) is 5.69 Å². The van der Waals surface area contributed by atoms with Crippen LogP contribution in [0.15, 0.2) is 43.1 Å². The van der Waals surface area contributed by atoms with Gasteiger partial charge >= 0.3 is 6.09 Å². The van der Waals surface area contributed by atoms with E-state index in [1.807, 2.05) is 0 Å². The fourth-order valence-corrected chi connectivity index (χ4v) is 2.66. The summed E-state index contributed by atoms with van der Waals surface area (Å²) >= 11 is 0. The first kappa shape index (κ1) is 21.8. The molecule has 2 rings (SSSR count). The summed E-state index contributed by atoms with van der Waals surface area (Å²) < 4.78 is 19.7. The van der Waals surface area contributed by atoms with Crippen LogP contribution in [0, 0.1) is 16.1 Å². The highest BCUT2D eigenvalue weighted by molar-refractivity contribution is 5.78. The Balaban J connectivity index is 2.40. The third-order valence-corrected chi connectivity index (χ3v) is 3.89. The van der Waals surface area contributed by atoms with Gasteiger partial charge in [-0.15, -0.1) is 6.58 Å². The van der Waals surface area contributed by atoms with E-state index >= 15 is 0 Å². The van der Waals surface area contributed by atoms with Gasteiger partial charge in [-0.2, -0.15) is 4.39 Å². The lowest BCUT2D eigenvalue weighted by Crippen LogP contribution is -2.35. The van der Waals surface area contributed by atoms with Crippen LogP contribution in [0.25, 0.3) is 11.1 Å². The molecule has 29 heavy (non-hydrogen) atoms. The molecule has 0 aliphatic heterocycles. The van der Waals surface area contributed by atoms with Gasteiger partial charge in [0.1, 0.15) is 5.60 Å². The number of nitrogens with one attached hydrogen (secondary N) is 1. The molecule has 2 aromatic rings. The Labute approximate surface area is 167 Å². The number of pyridine rings is 1. The van der Waals surface area contributed by atoms with Crippen LogP contribution in [-0.2, 0) is 4.74 Å². The van der Waals surface area contributed by atoms with E-state index in [2.05, 4.69) is 16.9 Å². The first-order valence-corrected chi connectivity index (χ1v) is 8.82. The largest absolute Gasteiger partial charge is 0.444 e. The molecule has 154 valence electrons. The van der Waals surface area contributed by atoms with Crippen LogP contribution in [0.2, 0.25) is 0 Å². The van der Waals surface area contributed by atoms with Crippen molar-refractivity contribution in [3.63, 3.8) is 0 Å². The van der Waals surface area contributed by atoms with Crippen molar-refractivity contribution in [2.75, 3.05) is 5.73 Å². The average Bonchev–Trinajstić information content (AvgIpc) is 2.60. The van der Waals surface area contributed by atoms with E-state index in [-0.39, 0.29) is 23.4 Å². The van der Waals surface area contributed by atoms with Crippen molar-refractivity contribution < 1.29 is 18.8 Å². The summed E-state index contributed by atoms with van der Waals surface area (Å²) in [6.07, 6.45) is 2.34. The molecule has 3 N–H and O–H groups in total. The number of benzene rings is 1. The zero-order valence-corrected chi connectivity index (χ0v) is 16.4. The summed E-state index contributed by atoms with van der Waals surface area (Å²) in [7, 11) is 0. The number of ether oxygens (including phenoxy) is 1. The minimum absolute atomic E-state index is 0.117. The number of anilines is 1. The molecular formula is C20H23FN4O4. The van der Waals surface area contributed by atoms with Crippen molar-refractivity contribution in [1.82, 2.24) is 10.3 Å². The molecular weight excluding hydrogens is 379 g/mol. The number of nitrogen functional groups attached to an aromatic ring is 1. The first-order valence-electron chi connectivity index (χ1n) is 8.82. The van der Waals surface area contributed by atoms with Gasteiger partial charge in [-0.3, -0.25) is 10.1 Å². The minimum Gasteiger partial charge on any atom is -0.444 e. The normalized spacial score (nSPS) is 12.1. The van der Waals surface area contributed by atoms with Crippen LogP contribution in [0.5, 0.6) is 0 Å². The summed E-state index contributed by atoms with van der Waals surface area (Å²) in [4.78, 5) is 26.2. The van der Waals surface area contributed by atoms with Crippen LogP contribution in [0.1, 0.15) is 38.8 Å². The summed E-state index contributed by atoms with van der Waals surface area (Å²) in [5.74, 6) is -0.767. The van der Waals surface area contributed by atoms with Gasteiger partial charge in [-0.05, 0) is 39.3 Å². The molecule has 0 saturated carbocycles. The number of alkyl carbamates (subject to hydrolysis) is 1. The highest BCUT2D eigenvalue weighted by Crippen LogP contribution is 2.31. The second kappa shape index (κ2) is 8.68. The van der Waals surface area contributed by atoms with Crippen molar-refractivity contribution in [2.45, 2.75) is 38.8 Å². The van der Waals surface area contributed by atoms with E-state index < -0.39 is 28.6 Å². The fraction of sp³-hybridized carbons (Fsp3) is 0.300. The lowest BCUT2D eigenvalue weighted by atomic mass is 9.99. The summed E-state index contributed by atoms with van der Waals surface area (Å²) in [5.41, 5.74) is 6.24. The number of rotatable bonds is 6. The molecule has 1 atom stereocenters. The monoisotopic (exact) mass is 402 g/mol. The molecule has 8 nitrogen and oxygen atoms in total. The Morgan fingerprint density at radius 1 is 1.45 bits per heavy atom. The van der Waals surface area contributed by atoms with E-state index in [1.165, 1.54) is 36.5 Å². The van der Waals surface area contributed by atoms with Crippen molar-refractivity contribution in [2.24, 2.45) is 0 Å². The summed E-state index contributed by atoms with van der Waals surface area (Å²) in [6.45, 7) is 8.79. The fourth-order valence-electron chi connectivity index (χ4n) is 2.66. The van der Waals surface area contributed by atoms with Crippen molar-refractivity contribution in [1.29, 1.82) is 0 Å². The van der Waals surface area contributed by atoms with Crippen LogP contribution in [-0.4, -0.2) is 21.6 Å². The predicted octanol–water partition coefficient (Wildman–Crippen LogP) is 4.52. The number of carbonyl (C=O) groups is 1. The quantitative estimate of drug-likeness (QED) is 0.241. The van der Waals surface area contributed by atoms with Crippen molar-refractivity contribution >= 4 is 17.5 Å². The topological polar surface area (TPSA) is 120 Å². The molecule has 1 heterocycles. The minimum atomic E-state index is -0.769. The number of hydrogen-bond donors (Lipinski definition) is 2. The molecule has 1 aromatic carbocycles. The van der Waals surface area contributed by atoms with E-state index in [1.54, 1.807) is 20.8 Å². The SMILES string of the molecule is C=CC[C@H](NC(=O)OC(C)(C)C)c1cc(-c2ccc([N+](=O)[O-])cc2N)cnc1F. The Hall–Kier alpha value is -3.49. The molecule has 0 radical (unpaired) electrons. The first-order chi connectivity index (χ1) is 13.5. The van der Waals surface area contributed by atoms with E-state index in [0.717, 1.165) is 0 Å². The molecule has 9 heteroatoms. The molecule has 0 spiro atoms. The number of nitro groups is 1. The number of hydrogen-bond acceptors (Lipinski definition) is 6. The summed E-state index contributed by atoms with van der Waals surface area (Å²) in [5, 5.41) is 13.5. The van der Waals surface area contributed by atoms with Gasteiger partial charge in [-0.25, -0.2) is 9.78 Å². The Kier molecular flexibility index (Phi) is 6.53. The van der Waals surface area contributed by atoms with E-state index in [4.69, 9.17) is 10.5 Å². The Morgan fingerprint density at radius 2 is 2.14 bits per heavy atom. The van der Waals surface area contributed by atoms with Gasteiger partial charge in [0.2, 0.25) is 5.95 Å². The second-order valence-electron chi connectivity index (χ2n) is 7.36. The number of halogens is 1. The second-order valence-corrected chi connectivity index (χ2v) is 7.36. The highest BCUT2D eigenvalue weighted by atomic mass is 19.1. The molecule has 1 amide bonds.